The molecule has 0 aliphatic carbocycles. The Hall–Kier alpha value is -1.94. The Morgan fingerprint density at radius 3 is 2.90 bits per heavy atom. The van der Waals surface area contributed by atoms with Crippen LogP contribution in [0.3, 0.4) is 0 Å². The summed E-state index contributed by atoms with van der Waals surface area (Å²) in [6.45, 7) is 5.50. The van der Waals surface area contributed by atoms with Crippen molar-refractivity contribution < 1.29 is 9.13 Å². The normalized spacial score (nSPS) is 10.6. The molecular formula is C16H19FN2O. The summed E-state index contributed by atoms with van der Waals surface area (Å²) in [4.78, 5) is 4.15. The van der Waals surface area contributed by atoms with Gasteiger partial charge < -0.3 is 10.1 Å². The molecule has 0 bridgehead atoms. The first-order valence-electron chi connectivity index (χ1n) is 6.78. The molecule has 2 rings (SSSR count). The van der Waals surface area contributed by atoms with Crippen LogP contribution in [0.1, 0.15) is 24.6 Å². The molecule has 3 nitrogen and oxygen atoms in total. The molecule has 1 aromatic heterocycles. The number of benzene rings is 1. The molecule has 106 valence electrons. The molecule has 1 heterocycles. The maximum Gasteiger partial charge on any atom is 0.148 e. The Morgan fingerprint density at radius 1 is 1.30 bits per heavy atom. The van der Waals surface area contributed by atoms with Crippen molar-refractivity contribution in [3.05, 3.63) is 53.6 Å². The third kappa shape index (κ3) is 4.03. The minimum absolute atomic E-state index is 0.294. The van der Waals surface area contributed by atoms with Crippen molar-refractivity contribution in [1.29, 1.82) is 0 Å². The first kappa shape index (κ1) is 14.5. The lowest BCUT2D eigenvalue weighted by molar-refractivity contribution is 0.468. The summed E-state index contributed by atoms with van der Waals surface area (Å²) in [6.07, 6.45) is 2.75. The van der Waals surface area contributed by atoms with E-state index in [0.29, 0.717) is 18.0 Å². The van der Waals surface area contributed by atoms with Crippen molar-refractivity contribution in [3.8, 4) is 11.5 Å². The van der Waals surface area contributed by atoms with E-state index in [0.717, 1.165) is 24.2 Å². The highest BCUT2D eigenvalue weighted by Gasteiger charge is 2.05. The summed E-state index contributed by atoms with van der Waals surface area (Å²) < 4.78 is 19.3. The van der Waals surface area contributed by atoms with E-state index in [-0.39, 0.29) is 5.82 Å². The zero-order valence-corrected chi connectivity index (χ0v) is 11.8. The molecule has 0 saturated heterocycles. The third-order valence-corrected chi connectivity index (χ3v) is 2.87. The van der Waals surface area contributed by atoms with Crippen LogP contribution in [-0.4, -0.2) is 11.5 Å². The Kier molecular flexibility index (Phi) is 5.07. The number of ether oxygens (including phenoxy) is 1. The summed E-state index contributed by atoms with van der Waals surface area (Å²) in [5, 5.41) is 3.25. The lowest BCUT2D eigenvalue weighted by atomic mass is 10.2. The van der Waals surface area contributed by atoms with E-state index in [1.54, 1.807) is 12.3 Å². The lowest BCUT2D eigenvalue weighted by Gasteiger charge is -2.10. The highest BCUT2D eigenvalue weighted by atomic mass is 19.1. The number of nitrogens with zero attached hydrogens (tertiary/aromatic N) is 1. The topological polar surface area (TPSA) is 34.1 Å². The van der Waals surface area contributed by atoms with E-state index in [9.17, 15) is 4.39 Å². The molecule has 0 fully saturated rings. The number of aryl methyl sites for hydroxylation is 1. The zero-order valence-electron chi connectivity index (χ0n) is 11.8. The van der Waals surface area contributed by atoms with Gasteiger partial charge >= 0.3 is 0 Å². The number of hydrogen-bond acceptors (Lipinski definition) is 3. The Morgan fingerprint density at radius 2 is 2.15 bits per heavy atom. The minimum atomic E-state index is -0.294. The fourth-order valence-corrected chi connectivity index (χ4v) is 1.90. The number of aromatic nitrogens is 1. The van der Waals surface area contributed by atoms with Gasteiger partial charge in [-0.2, -0.15) is 0 Å². The molecule has 1 N–H and O–H groups in total. The third-order valence-electron chi connectivity index (χ3n) is 2.87. The largest absolute Gasteiger partial charge is 0.455 e. The molecule has 0 aliphatic rings. The van der Waals surface area contributed by atoms with Crippen molar-refractivity contribution in [1.82, 2.24) is 10.3 Å². The van der Waals surface area contributed by atoms with Gasteiger partial charge in [0, 0.05) is 18.8 Å². The monoisotopic (exact) mass is 274 g/mol. The molecule has 0 atom stereocenters. The second-order valence-corrected chi connectivity index (χ2v) is 4.66. The zero-order chi connectivity index (χ0) is 14.4. The van der Waals surface area contributed by atoms with Gasteiger partial charge in [-0.05, 0) is 49.7 Å². The number of halogens is 1. The van der Waals surface area contributed by atoms with Gasteiger partial charge in [0.15, 0.2) is 0 Å². The van der Waals surface area contributed by atoms with Crippen LogP contribution in [0.5, 0.6) is 11.5 Å². The van der Waals surface area contributed by atoms with Crippen LogP contribution in [0.15, 0.2) is 36.5 Å². The summed E-state index contributed by atoms with van der Waals surface area (Å²) in [5.41, 5.74) is 1.65. The summed E-state index contributed by atoms with van der Waals surface area (Å²) in [5.74, 6) is 0.845. The van der Waals surface area contributed by atoms with Gasteiger partial charge in [-0.25, -0.2) is 4.39 Å². The molecule has 0 spiro atoms. The number of nitrogens with one attached hydrogen (secondary N) is 1. The second kappa shape index (κ2) is 7.01. The van der Waals surface area contributed by atoms with Crippen molar-refractivity contribution in [2.24, 2.45) is 0 Å². The fraction of sp³-hybridized carbons (Fsp3) is 0.312. The first-order valence-corrected chi connectivity index (χ1v) is 6.78. The van der Waals surface area contributed by atoms with Crippen molar-refractivity contribution in [2.75, 3.05) is 6.54 Å². The average Bonchev–Trinajstić information content (AvgIpc) is 2.41. The van der Waals surface area contributed by atoms with E-state index in [1.807, 2.05) is 19.1 Å². The Balaban J connectivity index is 2.13. The lowest BCUT2D eigenvalue weighted by Crippen LogP contribution is -2.13. The van der Waals surface area contributed by atoms with E-state index >= 15 is 0 Å². The first-order chi connectivity index (χ1) is 9.69. The molecule has 4 heteroatoms. The standard InChI is InChI=1S/C16H19FN2O/c1-3-6-18-11-13-8-14(17)10-15(9-13)20-16-5-4-7-19-12(16)2/h4-5,7-10,18H,3,6,11H2,1-2H3. The van der Waals surface area contributed by atoms with Crippen molar-refractivity contribution in [3.63, 3.8) is 0 Å². The van der Waals surface area contributed by atoms with Gasteiger partial charge in [-0.1, -0.05) is 6.92 Å². The van der Waals surface area contributed by atoms with E-state index < -0.39 is 0 Å². The summed E-state index contributed by atoms with van der Waals surface area (Å²) in [6, 6.07) is 8.37. The Labute approximate surface area is 118 Å². The van der Waals surface area contributed by atoms with Gasteiger partial charge in [0.2, 0.25) is 0 Å². The SMILES string of the molecule is CCCNCc1cc(F)cc(Oc2cccnc2C)c1. The quantitative estimate of drug-likeness (QED) is 0.813. The maximum absolute atomic E-state index is 13.6. The summed E-state index contributed by atoms with van der Waals surface area (Å²) in [7, 11) is 0. The van der Waals surface area contributed by atoms with Gasteiger partial charge in [-0.15, -0.1) is 0 Å². The smallest absolute Gasteiger partial charge is 0.148 e. The van der Waals surface area contributed by atoms with Crippen LogP contribution in [0, 0.1) is 12.7 Å². The molecule has 1 aromatic carbocycles. The van der Waals surface area contributed by atoms with Gasteiger partial charge in [0.1, 0.15) is 17.3 Å². The van der Waals surface area contributed by atoms with Crippen LogP contribution in [0.25, 0.3) is 0 Å². The molecular weight excluding hydrogens is 255 g/mol. The molecule has 2 aromatic rings. The molecule has 0 unspecified atom stereocenters. The molecule has 0 saturated carbocycles. The molecule has 20 heavy (non-hydrogen) atoms. The minimum Gasteiger partial charge on any atom is -0.455 e. The Bertz CT molecular complexity index is 572. The van der Waals surface area contributed by atoms with E-state index in [4.69, 9.17) is 4.74 Å². The average molecular weight is 274 g/mol. The number of rotatable bonds is 6. The highest BCUT2D eigenvalue weighted by Crippen LogP contribution is 2.25. The van der Waals surface area contributed by atoms with Crippen LogP contribution in [0.2, 0.25) is 0 Å². The van der Waals surface area contributed by atoms with Gasteiger partial charge in [0.05, 0.1) is 5.69 Å². The van der Waals surface area contributed by atoms with Crippen LogP contribution < -0.4 is 10.1 Å². The van der Waals surface area contributed by atoms with Crippen LogP contribution >= 0.6 is 0 Å². The molecule has 0 aliphatic heterocycles. The molecule has 0 amide bonds. The predicted molar refractivity (Wildman–Crippen MR) is 77.4 cm³/mol. The highest BCUT2D eigenvalue weighted by molar-refractivity contribution is 5.36. The van der Waals surface area contributed by atoms with E-state index in [2.05, 4.69) is 17.2 Å². The number of hydrogen-bond donors (Lipinski definition) is 1. The molecule has 0 radical (unpaired) electrons. The van der Waals surface area contributed by atoms with Crippen molar-refractivity contribution in [2.45, 2.75) is 26.8 Å². The van der Waals surface area contributed by atoms with Gasteiger partial charge in [0.25, 0.3) is 0 Å². The maximum atomic E-state index is 13.6. The van der Waals surface area contributed by atoms with Crippen LogP contribution in [-0.2, 0) is 6.54 Å². The van der Waals surface area contributed by atoms with Gasteiger partial charge in [-0.3, -0.25) is 4.98 Å². The second-order valence-electron chi connectivity index (χ2n) is 4.66. The van der Waals surface area contributed by atoms with Crippen molar-refractivity contribution >= 4 is 0 Å². The van der Waals surface area contributed by atoms with E-state index in [1.165, 1.54) is 12.1 Å². The number of pyridine rings is 1. The summed E-state index contributed by atoms with van der Waals surface area (Å²) >= 11 is 0. The predicted octanol–water partition coefficient (Wildman–Crippen LogP) is 3.82. The fourth-order valence-electron chi connectivity index (χ4n) is 1.90. The van der Waals surface area contributed by atoms with Crippen LogP contribution in [0.4, 0.5) is 4.39 Å².